The topological polar surface area (TPSA) is 118 Å². The van der Waals surface area contributed by atoms with Gasteiger partial charge >= 0.3 is 11.9 Å². The minimum Gasteiger partial charge on any atom is -0.449 e. The van der Waals surface area contributed by atoms with Crippen molar-refractivity contribution in [2.24, 2.45) is 0 Å². The van der Waals surface area contributed by atoms with E-state index in [4.69, 9.17) is 18.9 Å². The number of rotatable bonds is 10. The van der Waals surface area contributed by atoms with Crippen molar-refractivity contribution in [1.82, 2.24) is 19.6 Å². The van der Waals surface area contributed by atoms with E-state index in [-0.39, 0.29) is 49.2 Å². The summed E-state index contributed by atoms with van der Waals surface area (Å²) in [7, 11) is 7.42. The second kappa shape index (κ2) is 13.6. The maximum atomic E-state index is 13.6. The molecule has 12 nitrogen and oxygen atoms in total. The van der Waals surface area contributed by atoms with E-state index in [2.05, 4.69) is 0 Å². The molecule has 4 rings (SSSR count). The SMILES string of the molecule is CCN1CC(CCN(C)C)(OC(=O)C(=O)OC2(CCN(C)C)CN(CC)C(=O)c3ccccc3O2)Oc2ccccc2C1=O. The summed E-state index contributed by atoms with van der Waals surface area (Å²) < 4.78 is 24.4. The van der Waals surface area contributed by atoms with E-state index in [1.165, 1.54) is 9.80 Å². The highest BCUT2D eigenvalue weighted by Crippen LogP contribution is 2.35. The molecule has 0 saturated carbocycles. The third-order valence-electron chi connectivity index (χ3n) is 7.63. The van der Waals surface area contributed by atoms with Gasteiger partial charge in [0, 0.05) is 39.0 Å². The van der Waals surface area contributed by atoms with Crippen molar-refractivity contribution in [2.75, 3.05) is 67.5 Å². The van der Waals surface area contributed by atoms with Gasteiger partial charge in [-0.05, 0) is 66.3 Å². The molecule has 12 heteroatoms. The number of hydrogen-bond acceptors (Lipinski definition) is 10. The van der Waals surface area contributed by atoms with E-state index < -0.39 is 23.5 Å². The van der Waals surface area contributed by atoms with E-state index in [0.717, 1.165) is 0 Å². The number of amides is 2. The number of fused-ring (bicyclic) bond motifs is 2. The lowest BCUT2D eigenvalue weighted by molar-refractivity contribution is -0.228. The molecule has 0 N–H and O–H groups in total. The lowest BCUT2D eigenvalue weighted by atomic mass is 10.1. The molecule has 2 aliphatic rings. The van der Waals surface area contributed by atoms with Crippen LogP contribution in [0, 0.1) is 0 Å². The predicted molar refractivity (Wildman–Crippen MR) is 161 cm³/mol. The molecule has 2 aromatic carbocycles. The lowest BCUT2D eigenvalue weighted by Crippen LogP contribution is -2.55. The molecule has 0 radical (unpaired) electrons. The summed E-state index contributed by atoms with van der Waals surface area (Å²) in [6.45, 7) is 4.93. The smallest absolute Gasteiger partial charge is 0.420 e. The van der Waals surface area contributed by atoms with Gasteiger partial charge in [0.15, 0.2) is 0 Å². The second-order valence-electron chi connectivity index (χ2n) is 11.5. The van der Waals surface area contributed by atoms with E-state index in [0.29, 0.717) is 37.3 Å². The van der Waals surface area contributed by atoms with Crippen LogP contribution in [0.15, 0.2) is 48.5 Å². The van der Waals surface area contributed by atoms with Crippen LogP contribution in [0.4, 0.5) is 0 Å². The molecular formula is C32H42N4O8. The van der Waals surface area contributed by atoms with Gasteiger partial charge in [0.2, 0.25) is 0 Å². The zero-order chi connectivity index (χ0) is 32.1. The maximum Gasteiger partial charge on any atom is 0.420 e. The van der Waals surface area contributed by atoms with Gasteiger partial charge < -0.3 is 38.5 Å². The first-order chi connectivity index (χ1) is 20.9. The molecule has 0 fully saturated rings. The summed E-state index contributed by atoms with van der Waals surface area (Å²) in [5.74, 6) is -6.02. The quantitative estimate of drug-likeness (QED) is 0.293. The predicted octanol–water partition coefficient (Wildman–Crippen LogP) is 2.48. The van der Waals surface area contributed by atoms with Crippen LogP contribution >= 0.6 is 0 Å². The number of esters is 2. The highest BCUT2D eigenvalue weighted by Gasteiger charge is 2.48. The molecular weight excluding hydrogens is 568 g/mol. The number of likely N-dealkylation sites (N-methyl/N-ethyl adjacent to an activating group) is 2. The summed E-state index contributed by atoms with van der Waals surface area (Å²) in [5.41, 5.74) is 0.661. The summed E-state index contributed by atoms with van der Waals surface area (Å²) in [6, 6.07) is 13.5. The fraction of sp³-hybridized carbons (Fsp3) is 0.500. The Morgan fingerprint density at radius 1 is 0.705 bits per heavy atom. The fourth-order valence-electron chi connectivity index (χ4n) is 5.18. The van der Waals surface area contributed by atoms with E-state index in [9.17, 15) is 19.2 Å². The molecule has 44 heavy (non-hydrogen) atoms. The molecule has 2 unspecified atom stereocenters. The first kappa shape index (κ1) is 32.7. The van der Waals surface area contributed by atoms with Crippen LogP contribution in [0.2, 0.25) is 0 Å². The van der Waals surface area contributed by atoms with Crippen molar-refractivity contribution >= 4 is 23.8 Å². The highest BCUT2D eigenvalue weighted by atomic mass is 16.8. The van der Waals surface area contributed by atoms with Crippen molar-refractivity contribution in [3.05, 3.63) is 59.7 Å². The second-order valence-corrected chi connectivity index (χ2v) is 11.5. The average molecular weight is 611 g/mol. The maximum absolute atomic E-state index is 13.6. The first-order valence-electron chi connectivity index (χ1n) is 14.8. The Balaban J connectivity index is 1.67. The Labute approximate surface area is 258 Å². The highest BCUT2D eigenvalue weighted by molar-refractivity contribution is 6.30. The van der Waals surface area contributed by atoms with Gasteiger partial charge in [-0.25, -0.2) is 9.59 Å². The van der Waals surface area contributed by atoms with Crippen LogP contribution in [0.3, 0.4) is 0 Å². The molecule has 2 atom stereocenters. The van der Waals surface area contributed by atoms with Crippen LogP contribution in [-0.4, -0.2) is 122 Å². The van der Waals surface area contributed by atoms with Crippen molar-refractivity contribution in [2.45, 2.75) is 38.3 Å². The number of para-hydroxylation sites is 2. The van der Waals surface area contributed by atoms with Crippen molar-refractivity contribution in [1.29, 1.82) is 0 Å². The van der Waals surface area contributed by atoms with Gasteiger partial charge in [-0.2, -0.15) is 0 Å². The monoisotopic (exact) mass is 610 g/mol. The summed E-state index contributed by atoms with van der Waals surface area (Å²) in [4.78, 5) is 60.7. The molecule has 2 amide bonds. The minimum absolute atomic E-state index is 0.0996. The van der Waals surface area contributed by atoms with Gasteiger partial charge in [0.25, 0.3) is 23.4 Å². The Morgan fingerprint density at radius 2 is 1.07 bits per heavy atom. The van der Waals surface area contributed by atoms with Crippen molar-refractivity contribution in [3.63, 3.8) is 0 Å². The standard InChI is InChI=1S/C32H42N4O8/c1-7-35-21-31(17-19-33(3)4,41-25-15-11-9-13-23(25)27(35)37)43-29(39)30(40)44-32(18-20-34(5)6)22-36(8-2)28(38)24-14-10-12-16-26(24)42-32/h9-16H,7-8,17-22H2,1-6H3. The largest absolute Gasteiger partial charge is 0.449 e. The average Bonchev–Trinajstić information content (AvgIpc) is 3.19. The number of benzene rings is 2. The van der Waals surface area contributed by atoms with Crippen molar-refractivity contribution < 1.29 is 38.1 Å². The van der Waals surface area contributed by atoms with Crippen LogP contribution in [0.25, 0.3) is 0 Å². The Morgan fingerprint density at radius 3 is 1.41 bits per heavy atom. The number of ether oxygens (including phenoxy) is 4. The summed E-state index contributed by atoms with van der Waals surface area (Å²) in [6.07, 6.45) is 0.315. The third kappa shape index (κ3) is 7.31. The number of hydrogen-bond donors (Lipinski definition) is 0. The van der Waals surface area contributed by atoms with Crippen LogP contribution in [0.5, 0.6) is 11.5 Å². The van der Waals surface area contributed by atoms with Crippen LogP contribution in [-0.2, 0) is 19.1 Å². The van der Waals surface area contributed by atoms with Gasteiger partial charge in [0.05, 0.1) is 24.2 Å². The molecule has 2 heterocycles. The van der Waals surface area contributed by atoms with Crippen LogP contribution < -0.4 is 9.47 Å². The molecule has 0 bridgehead atoms. The molecule has 2 aromatic rings. The lowest BCUT2D eigenvalue weighted by Gasteiger charge is -2.37. The van der Waals surface area contributed by atoms with Gasteiger partial charge in [-0.1, -0.05) is 24.3 Å². The molecule has 0 aromatic heterocycles. The zero-order valence-corrected chi connectivity index (χ0v) is 26.3. The Hall–Kier alpha value is -4.16. The van der Waals surface area contributed by atoms with E-state index in [1.54, 1.807) is 48.5 Å². The zero-order valence-electron chi connectivity index (χ0n) is 26.3. The molecule has 238 valence electrons. The van der Waals surface area contributed by atoms with E-state index in [1.807, 2.05) is 51.8 Å². The molecule has 0 spiro atoms. The van der Waals surface area contributed by atoms with Gasteiger partial charge in [-0.15, -0.1) is 0 Å². The fourth-order valence-corrected chi connectivity index (χ4v) is 5.18. The first-order valence-corrected chi connectivity index (χ1v) is 14.8. The van der Waals surface area contributed by atoms with Gasteiger partial charge in [0.1, 0.15) is 11.5 Å². The molecule has 0 saturated heterocycles. The number of carbonyl (C=O) groups is 4. The van der Waals surface area contributed by atoms with Crippen LogP contribution in [0.1, 0.15) is 47.4 Å². The third-order valence-corrected chi connectivity index (χ3v) is 7.63. The normalized spacial score (nSPS) is 21.5. The molecule has 0 aliphatic carbocycles. The minimum atomic E-state index is -1.68. The van der Waals surface area contributed by atoms with Gasteiger partial charge in [-0.3, -0.25) is 9.59 Å². The Bertz CT molecular complexity index is 1280. The van der Waals surface area contributed by atoms with Crippen molar-refractivity contribution in [3.8, 4) is 11.5 Å². The summed E-state index contributed by atoms with van der Waals surface area (Å²) >= 11 is 0. The number of nitrogens with zero attached hydrogens (tertiary/aromatic N) is 4. The Kier molecular flexibility index (Phi) is 10.2. The summed E-state index contributed by atoms with van der Waals surface area (Å²) in [5, 5.41) is 0. The molecule has 2 aliphatic heterocycles. The van der Waals surface area contributed by atoms with E-state index >= 15 is 0 Å². The number of carbonyl (C=O) groups excluding carboxylic acids is 4.